The van der Waals surface area contributed by atoms with Crippen molar-refractivity contribution in [3.05, 3.63) is 80.9 Å². The monoisotopic (exact) mass is 641 g/mol. The number of benzene rings is 3. The first-order valence-corrected chi connectivity index (χ1v) is 12.7. The molecule has 0 unspecified atom stereocenters. The Bertz CT molecular complexity index is 1480. The standard InChI is InChI=1S/C28H24IN3O7/c1-16-8-10-18(11-9-16)32-27(35)19(26(34)31-28(32)36)12-17-13-20(29)25(23(14-17)38-3)39-15-24(33)30-21-6-4-5-7-22(21)37-2/h4-14H,15H2,1-3H3,(H,30,33)(H,31,34,36)/b19-12-. The van der Waals surface area contributed by atoms with Crippen LogP contribution in [0.4, 0.5) is 16.2 Å². The van der Waals surface area contributed by atoms with Gasteiger partial charge >= 0.3 is 6.03 Å². The van der Waals surface area contributed by atoms with E-state index >= 15 is 0 Å². The van der Waals surface area contributed by atoms with Crippen molar-refractivity contribution < 1.29 is 33.4 Å². The molecule has 200 valence electrons. The van der Waals surface area contributed by atoms with Crippen LogP contribution < -0.4 is 29.7 Å². The van der Waals surface area contributed by atoms with E-state index in [1.807, 2.05) is 29.5 Å². The summed E-state index contributed by atoms with van der Waals surface area (Å²) >= 11 is 2.01. The molecule has 10 nitrogen and oxygen atoms in total. The second-order valence-corrected chi connectivity index (χ2v) is 9.53. The highest BCUT2D eigenvalue weighted by Crippen LogP contribution is 2.35. The van der Waals surface area contributed by atoms with Gasteiger partial charge in [-0.2, -0.15) is 0 Å². The number of amides is 5. The van der Waals surface area contributed by atoms with E-state index in [1.165, 1.54) is 20.3 Å². The van der Waals surface area contributed by atoms with E-state index in [1.54, 1.807) is 60.7 Å². The van der Waals surface area contributed by atoms with E-state index in [0.29, 0.717) is 32.0 Å². The van der Waals surface area contributed by atoms with Crippen molar-refractivity contribution in [1.29, 1.82) is 0 Å². The van der Waals surface area contributed by atoms with Crippen molar-refractivity contribution >= 4 is 63.8 Å². The number of para-hydroxylation sites is 2. The average Bonchev–Trinajstić information content (AvgIpc) is 2.91. The van der Waals surface area contributed by atoms with E-state index in [0.717, 1.165) is 10.5 Å². The van der Waals surface area contributed by atoms with Crippen LogP contribution in [0.25, 0.3) is 6.08 Å². The van der Waals surface area contributed by atoms with Crippen LogP contribution in [-0.2, 0) is 14.4 Å². The summed E-state index contributed by atoms with van der Waals surface area (Å²) in [5, 5.41) is 4.94. The Hall–Kier alpha value is -4.39. The molecule has 0 bridgehead atoms. The fraction of sp³-hybridized carbons (Fsp3) is 0.143. The minimum Gasteiger partial charge on any atom is -0.495 e. The number of nitrogens with one attached hydrogen (secondary N) is 2. The maximum atomic E-state index is 13.2. The Balaban J connectivity index is 1.55. The Morgan fingerprint density at radius 3 is 2.38 bits per heavy atom. The van der Waals surface area contributed by atoms with Gasteiger partial charge in [0.15, 0.2) is 18.1 Å². The topological polar surface area (TPSA) is 123 Å². The van der Waals surface area contributed by atoms with Crippen molar-refractivity contribution in [2.24, 2.45) is 0 Å². The van der Waals surface area contributed by atoms with Crippen LogP contribution in [0.1, 0.15) is 11.1 Å². The molecule has 11 heteroatoms. The van der Waals surface area contributed by atoms with Crippen molar-refractivity contribution in [3.63, 3.8) is 0 Å². The summed E-state index contributed by atoms with van der Waals surface area (Å²) in [5.74, 6) is -0.862. The second-order valence-electron chi connectivity index (χ2n) is 8.36. The highest BCUT2D eigenvalue weighted by Gasteiger charge is 2.36. The van der Waals surface area contributed by atoms with Gasteiger partial charge in [-0.15, -0.1) is 0 Å². The highest BCUT2D eigenvalue weighted by molar-refractivity contribution is 14.1. The number of carbonyl (C=O) groups excluding carboxylic acids is 4. The van der Waals surface area contributed by atoms with Gasteiger partial charge in [-0.3, -0.25) is 19.7 Å². The third kappa shape index (κ3) is 6.20. The van der Waals surface area contributed by atoms with Gasteiger partial charge in [0, 0.05) is 0 Å². The van der Waals surface area contributed by atoms with Crippen LogP contribution in [-0.4, -0.2) is 44.6 Å². The molecule has 0 aliphatic carbocycles. The largest absolute Gasteiger partial charge is 0.495 e. The summed E-state index contributed by atoms with van der Waals surface area (Å²) in [6, 6.07) is 16.2. The molecule has 0 radical (unpaired) electrons. The van der Waals surface area contributed by atoms with Gasteiger partial charge in [-0.25, -0.2) is 9.69 Å². The van der Waals surface area contributed by atoms with Gasteiger partial charge in [0.25, 0.3) is 17.7 Å². The Morgan fingerprint density at radius 2 is 1.69 bits per heavy atom. The number of nitrogens with zero attached hydrogens (tertiary/aromatic N) is 1. The quantitative estimate of drug-likeness (QED) is 0.214. The summed E-state index contributed by atoms with van der Waals surface area (Å²) in [6.45, 7) is 1.57. The molecule has 1 aliphatic heterocycles. The summed E-state index contributed by atoms with van der Waals surface area (Å²) < 4.78 is 17.0. The van der Waals surface area contributed by atoms with Gasteiger partial charge in [-0.05, 0) is 77.6 Å². The SMILES string of the molecule is COc1ccccc1NC(=O)COc1c(I)cc(/C=C2/C(=O)NC(=O)N(c3ccc(C)cc3)C2=O)cc1OC. The van der Waals surface area contributed by atoms with Crippen LogP contribution in [0.2, 0.25) is 0 Å². The molecule has 1 aliphatic rings. The zero-order valence-corrected chi connectivity index (χ0v) is 23.4. The van der Waals surface area contributed by atoms with E-state index in [-0.39, 0.29) is 17.9 Å². The van der Waals surface area contributed by atoms with Gasteiger partial charge in [-0.1, -0.05) is 29.8 Å². The van der Waals surface area contributed by atoms with E-state index in [9.17, 15) is 19.2 Å². The smallest absolute Gasteiger partial charge is 0.335 e. The van der Waals surface area contributed by atoms with Crippen LogP contribution in [0.3, 0.4) is 0 Å². The first-order chi connectivity index (χ1) is 18.7. The average molecular weight is 641 g/mol. The number of ether oxygens (including phenoxy) is 3. The maximum absolute atomic E-state index is 13.2. The number of hydrogen-bond donors (Lipinski definition) is 2. The number of urea groups is 1. The van der Waals surface area contributed by atoms with Crippen molar-refractivity contribution in [2.45, 2.75) is 6.92 Å². The number of rotatable bonds is 8. The van der Waals surface area contributed by atoms with Crippen LogP contribution in [0, 0.1) is 10.5 Å². The normalized spacial score (nSPS) is 14.2. The fourth-order valence-corrected chi connectivity index (χ4v) is 4.57. The number of aryl methyl sites for hydroxylation is 1. The molecular formula is C28H24IN3O7. The number of hydrogen-bond acceptors (Lipinski definition) is 7. The molecule has 2 N–H and O–H groups in total. The molecule has 1 fully saturated rings. The Labute approximate surface area is 238 Å². The number of barbiturate groups is 1. The lowest BCUT2D eigenvalue weighted by atomic mass is 10.1. The molecule has 1 saturated heterocycles. The minimum atomic E-state index is -0.826. The lowest BCUT2D eigenvalue weighted by Gasteiger charge is -2.26. The lowest BCUT2D eigenvalue weighted by molar-refractivity contribution is -0.122. The summed E-state index contributed by atoms with van der Waals surface area (Å²) in [5.41, 5.74) is 2.03. The zero-order valence-electron chi connectivity index (χ0n) is 21.2. The summed E-state index contributed by atoms with van der Waals surface area (Å²) in [7, 11) is 2.94. The molecule has 4 rings (SSSR count). The Morgan fingerprint density at radius 1 is 1.00 bits per heavy atom. The predicted molar refractivity (Wildman–Crippen MR) is 153 cm³/mol. The third-order valence-electron chi connectivity index (χ3n) is 5.69. The molecule has 0 saturated carbocycles. The molecule has 5 amide bonds. The molecule has 39 heavy (non-hydrogen) atoms. The number of halogens is 1. The van der Waals surface area contributed by atoms with Crippen molar-refractivity contribution in [2.75, 3.05) is 31.0 Å². The van der Waals surface area contributed by atoms with Crippen LogP contribution >= 0.6 is 22.6 Å². The van der Waals surface area contributed by atoms with Crippen LogP contribution in [0.5, 0.6) is 17.2 Å². The van der Waals surface area contributed by atoms with Crippen LogP contribution in [0.15, 0.2) is 66.2 Å². The van der Waals surface area contributed by atoms with Gasteiger partial charge in [0.1, 0.15) is 11.3 Å². The molecule has 1 heterocycles. The predicted octanol–water partition coefficient (Wildman–Crippen LogP) is 4.30. The number of imide groups is 2. The molecule has 3 aromatic rings. The highest BCUT2D eigenvalue weighted by atomic mass is 127. The van der Waals surface area contributed by atoms with E-state index in [4.69, 9.17) is 14.2 Å². The minimum absolute atomic E-state index is 0.224. The first kappa shape index (κ1) is 27.6. The number of carbonyl (C=O) groups is 4. The molecule has 0 atom stereocenters. The second kappa shape index (κ2) is 12.0. The van der Waals surface area contributed by atoms with E-state index < -0.39 is 23.8 Å². The van der Waals surface area contributed by atoms with E-state index in [2.05, 4.69) is 10.6 Å². The Kier molecular flexibility index (Phi) is 8.49. The fourth-order valence-electron chi connectivity index (χ4n) is 3.79. The lowest BCUT2D eigenvalue weighted by Crippen LogP contribution is -2.54. The molecule has 0 aromatic heterocycles. The number of methoxy groups -OCH3 is 2. The number of anilines is 2. The van der Waals surface area contributed by atoms with Gasteiger partial charge in [0.2, 0.25) is 0 Å². The van der Waals surface area contributed by atoms with Gasteiger partial charge < -0.3 is 19.5 Å². The first-order valence-electron chi connectivity index (χ1n) is 11.6. The summed E-state index contributed by atoms with van der Waals surface area (Å²) in [6.07, 6.45) is 1.37. The molecule has 3 aromatic carbocycles. The maximum Gasteiger partial charge on any atom is 0.335 e. The van der Waals surface area contributed by atoms with Crippen molar-refractivity contribution in [1.82, 2.24) is 5.32 Å². The molecule has 0 spiro atoms. The third-order valence-corrected chi connectivity index (χ3v) is 6.49. The summed E-state index contributed by atoms with van der Waals surface area (Å²) in [4.78, 5) is 51.6. The van der Waals surface area contributed by atoms with Crippen molar-refractivity contribution in [3.8, 4) is 17.2 Å². The molecular weight excluding hydrogens is 617 g/mol. The van der Waals surface area contributed by atoms with Gasteiger partial charge in [0.05, 0.1) is 29.2 Å². The zero-order chi connectivity index (χ0) is 28.1.